The van der Waals surface area contributed by atoms with Crippen LogP contribution in [0.4, 0.5) is 0 Å². The first-order chi connectivity index (χ1) is 12.7. The molecule has 0 aliphatic carbocycles. The van der Waals surface area contributed by atoms with Crippen molar-refractivity contribution in [2.75, 3.05) is 0 Å². The number of aromatic nitrogens is 6. The fourth-order valence-corrected chi connectivity index (χ4v) is 3.89. The van der Waals surface area contributed by atoms with Gasteiger partial charge in [-0.25, -0.2) is 14.5 Å². The molecule has 4 heterocycles. The van der Waals surface area contributed by atoms with E-state index in [9.17, 15) is 0 Å². The summed E-state index contributed by atoms with van der Waals surface area (Å²) in [6.45, 7) is 2.09. The van der Waals surface area contributed by atoms with Gasteiger partial charge in [0, 0.05) is 11.8 Å². The number of imidazole rings is 2. The van der Waals surface area contributed by atoms with Gasteiger partial charge in [0.15, 0.2) is 0 Å². The molecule has 7 nitrogen and oxygen atoms in total. The largest absolute Gasteiger partial charge is 0.341 e. The molecule has 0 amide bonds. The topological polar surface area (TPSA) is 95.5 Å². The Morgan fingerprint density at radius 3 is 3.00 bits per heavy atom. The van der Waals surface area contributed by atoms with E-state index in [0.717, 1.165) is 49.8 Å². The zero-order chi connectivity index (χ0) is 17.7. The van der Waals surface area contributed by atoms with Gasteiger partial charge < -0.3 is 4.98 Å². The Hall–Kier alpha value is -3.31. The van der Waals surface area contributed by atoms with Crippen molar-refractivity contribution in [3.05, 3.63) is 52.7 Å². The van der Waals surface area contributed by atoms with E-state index in [0.29, 0.717) is 12.0 Å². The lowest BCUT2D eigenvalue weighted by molar-refractivity contribution is 0.904. The van der Waals surface area contributed by atoms with Crippen LogP contribution in [0.1, 0.15) is 29.0 Å². The molecule has 0 spiro atoms. The number of aromatic amines is 1. The number of benzene rings is 1. The fraction of sp³-hybridized carbons (Fsp3) is 0.167. The number of hydrogen-bond acceptors (Lipinski definition) is 6. The van der Waals surface area contributed by atoms with Crippen LogP contribution >= 0.6 is 11.3 Å². The normalized spacial score (nSPS) is 11.5. The van der Waals surface area contributed by atoms with Crippen LogP contribution in [-0.2, 0) is 12.8 Å². The highest BCUT2D eigenvalue weighted by Crippen LogP contribution is 2.24. The summed E-state index contributed by atoms with van der Waals surface area (Å²) in [7, 11) is 0. The third-order valence-corrected chi connectivity index (χ3v) is 5.35. The number of nitrogens with zero attached hydrogens (tertiary/aromatic N) is 6. The molecule has 0 aliphatic heterocycles. The summed E-state index contributed by atoms with van der Waals surface area (Å²) in [5.41, 5.74) is 4.05. The Kier molecular flexibility index (Phi) is 3.23. The molecule has 0 fully saturated rings. The molecule has 0 bridgehead atoms. The third kappa shape index (κ3) is 2.33. The molecule has 8 heteroatoms. The van der Waals surface area contributed by atoms with E-state index in [2.05, 4.69) is 38.0 Å². The van der Waals surface area contributed by atoms with Crippen LogP contribution in [0.2, 0.25) is 0 Å². The van der Waals surface area contributed by atoms with Gasteiger partial charge >= 0.3 is 0 Å². The van der Waals surface area contributed by atoms with E-state index in [1.165, 1.54) is 0 Å². The van der Waals surface area contributed by atoms with Crippen LogP contribution in [0.3, 0.4) is 0 Å². The first-order valence-electron chi connectivity index (χ1n) is 8.25. The lowest BCUT2D eigenvalue weighted by atomic mass is 10.1. The Morgan fingerprint density at radius 1 is 1.27 bits per heavy atom. The molecular formula is C18H13N7S. The lowest BCUT2D eigenvalue weighted by Crippen LogP contribution is -1.91. The Labute approximate surface area is 152 Å². The van der Waals surface area contributed by atoms with Crippen molar-refractivity contribution in [2.45, 2.75) is 19.8 Å². The standard InChI is InChI=1S/C18H13N7S/c1-2-16-24-25-9-11(21-18(25)26-16)6-15-22-14-8-20-13-4-3-10(7-19)5-12(13)17(14)23-15/h3-5,8-9H,2,6H2,1H3,(H,22,23). The smallest absolute Gasteiger partial charge is 0.212 e. The quantitative estimate of drug-likeness (QED) is 0.533. The SMILES string of the molecule is CCc1nn2cc(Cc3nc4cnc5ccc(C#N)cc5c4[nH]3)nc2s1. The van der Waals surface area contributed by atoms with Crippen molar-refractivity contribution in [1.29, 1.82) is 5.26 Å². The van der Waals surface area contributed by atoms with Gasteiger partial charge in [-0.15, -0.1) is 0 Å². The predicted molar refractivity (Wildman–Crippen MR) is 99.2 cm³/mol. The number of H-pyrrole nitrogens is 1. The molecule has 0 saturated heterocycles. The zero-order valence-corrected chi connectivity index (χ0v) is 14.7. The second kappa shape index (κ2) is 5.61. The van der Waals surface area contributed by atoms with E-state index in [1.54, 1.807) is 23.6 Å². The molecule has 26 heavy (non-hydrogen) atoms. The number of rotatable bonds is 3. The molecule has 126 valence electrons. The minimum absolute atomic E-state index is 0.589. The molecule has 1 aromatic carbocycles. The van der Waals surface area contributed by atoms with E-state index in [4.69, 9.17) is 5.26 Å². The van der Waals surface area contributed by atoms with Crippen LogP contribution in [0, 0.1) is 11.3 Å². The monoisotopic (exact) mass is 359 g/mol. The highest BCUT2D eigenvalue weighted by molar-refractivity contribution is 7.16. The first-order valence-corrected chi connectivity index (χ1v) is 9.06. The maximum absolute atomic E-state index is 9.14. The second-order valence-electron chi connectivity index (χ2n) is 6.03. The van der Waals surface area contributed by atoms with Crippen molar-refractivity contribution < 1.29 is 0 Å². The number of nitrogens with one attached hydrogen (secondary N) is 1. The average Bonchev–Trinajstić information content (AvgIpc) is 3.33. The Balaban J connectivity index is 1.56. The number of pyridine rings is 1. The van der Waals surface area contributed by atoms with E-state index in [1.807, 2.05) is 22.8 Å². The van der Waals surface area contributed by atoms with Gasteiger partial charge in [-0.05, 0) is 24.6 Å². The minimum atomic E-state index is 0.589. The molecule has 1 N–H and O–H groups in total. The predicted octanol–water partition coefficient (Wildman–Crippen LogP) is 3.24. The van der Waals surface area contributed by atoms with E-state index in [-0.39, 0.29) is 0 Å². The highest BCUT2D eigenvalue weighted by Gasteiger charge is 2.12. The molecule has 5 rings (SSSR count). The molecule has 0 radical (unpaired) electrons. The zero-order valence-electron chi connectivity index (χ0n) is 13.9. The van der Waals surface area contributed by atoms with Crippen molar-refractivity contribution in [3.63, 3.8) is 0 Å². The maximum Gasteiger partial charge on any atom is 0.212 e. The van der Waals surface area contributed by atoms with Gasteiger partial charge in [0.1, 0.15) is 16.3 Å². The van der Waals surface area contributed by atoms with Gasteiger partial charge in [-0.1, -0.05) is 18.3 Å². The van der Waals surface area contributed by atoms with Crippen LogP contribution < -0.4 is 0 Å². The van der Waals surface area contributed by atoms with E-state index >= 15 is 0 Å². The van der Waals surface area contributed by atoms with Gasteiger partial charge in [0.05, 0.1) is 40.8 Å². The van der Waals surface area contributed by atoms with Crippen LogP contribution in [0.25, 0.3) is 26.9 Å². The van der Waals surface area contributed by atoms with Crippen molar-refractivity contribution in [1.82, 2.24) is 29.5 Å². The van der Waals surface area contributed by atoms with Crippen molar-refractivity contribution in [3.8, 4) is 6.07 Å². The number of hydrogen-bond donors (Lipinski definition) is 1. The summed E-state index contributed by atoms with van der Waals surface area (Å²) in [6, 6.07) is 7.64. The van der Waals surface area contributed by atoms with Crippen LogP contribution in [0.15, 0.2) is 30.6 Å². The number of fused-ring (bicyclic) bond motifs is 4. The molecule has 0 atom stereocenters. The fourth-order valence-electron chi connectivity index (χ4n) is 3.06. The van der Waals surface area contributed by atoms with E-state index < -0.39 is 0 Å². The maximum atomic E-state index is 9.14. The summed E-state index contributed by atoms with van der Waals surface area (Å²) in [6.07, 6.45) is 5.20. The van der Waals surface area contributed by atoms with Gasteiger partial charge in [-0.3, -0.25) is 4.98 Å². The lowest BCUT2D eigenvalue weighted by Gasteiger charge is -1.98. The molecule has 5 aromatic rings. The van der Waals surface area contributed by atoms with Crippen molar-refractivity contribution in [2.24, 2.45) is 0 Å². The summed E-state index contributed by atoms with van der Waals surface area (Å²) < 4.78 is 1.83. The summed E-state index contributed by atoms with van der Waals surface area (Å²) in [5, 5.41) is 15.6. The minimum Gasteiger partial charge on any atom is -0.341 e. The summed E-state index contributed by atoms with van der Waals surface area (Å²) in [4.78, 5) is 18.0. The number of nitriles is 1. The molecule has 0 aliphatic rings. The second-order valence-corrected chi connectivity index (χ2v) is 7.07. The average molecular weight is 359 g/mol. The highest BCUT2D eigenvalue weighted by atomic mass is 32.1. The first kappa shape index (κ1) is 15.0. The van der Waals surface area contributed by atoms with Crippen LogP contribution in [-0.4, -0.2) is 29.5 Å². The molecule has 0 saturated carbocycles. The van der Waals surface area contributed by atoms with Gasteiger partial charge in [0.2, 0.25) is 4.96 Å². The van der Waals surface area contributed by atoms with Crippen LogP contribution in [0.5, 0.6) is 0 Å². The third-order valence-electron chi connectivity index (χ3n) is 4.29. The molecular weight excluding hydrogens is 346 g/mol. The van der Waals surface area contributed by atoms with Crippen molar-refractivity contribution >= 4 is 38.2 Å². The van der Waals surface area contributed by atoms with Gasteiger partial charge in [0.25, 0.3) is 0 Å². The van der Waals surface area contributed by atoms with Gasteiger partial charge in [-0.2, -0.15) is 10.4 Å². The Morgan fingerprint density at radius 2 is 2.19 bits per heavy atom. The molecule has 0 unspecified atom stereocenters. The molecule has 4 aromatic heterocycles. The Bertz CT molecular complexity index is 1290. The number of aryl methyl sites for hydroxylation is 1. The summed E-state index contributed by atoms with van der Waals surface area (Å²) >= 11 is 1.61. The summed E-state index contributed by atoms with van der Waals surface area (Å²) in [5.74, 6) is 0.818.